The van der Waals surface area contributed by atoms with Gasteiger partial charge in [0, 0.05) is 16.6 Å². The van der Waals surface area contributed by atoms with Crippen molar-refractivity contribution in [2.45, 2.75) is 6.92 Å². The molecule has 0 aliphatic rings. The topological polar surface area (TPSA) is 67.2 Å². The van der Waals surface area contributed by atoms with E-state index in [-0.39, 0.29) is 11.6 Å². The normalized spacial score (nSPS) is 10.3. The summed E-state index contributed by atoms with van der Waals surface area (Å²) in [5.41, 5.74) is 6.28. The van der Waals surface area contributed by atoms with Crippen LogP contribution in [0.3, 0.4) is 0 Å². The molecule has 0 aliphatic heterocycles. The number of hydrogen-bond acceptors (Lipinski definition) is 4. The van der Waals surface area contributed by atoms with Gasteiger partial charge in [0.2, 0.25) is 5.89 Å². The number of amides is 1. The molecule has 0 aliphatic carbocycles. The summed E-state index contributed by atoms with van der Waals surface area (Å²) in [6.07, 6.45) is 1.34. The molecule has 5 nitrogen and oxygen atoms in total. The summed E-state index contributed by atoms with van der Waals surface area (Å²) < 4.78 is 6.25. The van der Waals surface area contributed by atoms with Crippen molar-refractivity contribution in [3.63, 3.8) is 0 Å². The number of rotatable bonds is 4. The predicted octanol–water partition coefficient (Wildman–Crippen LogP) is 2.36. The molecule has 1 amide bonds. The largest absolute Gasteiger partial charge is 0.444 e. The third-order valence-electron chi connectivity index (χ3n) is 2.21. The van der Waals surface area contributed by atoms with Gasteiger partial charge in [-0.15, -0.1) is 0 Å². The van der Waals surface area contributed by atoms with Crippen LogP contribution in [0, 0.1) is 0 Å². The molecule has 0 atom stereocenters. The van der Waals surface area contributed by atoms with Crippen molar-refractivity contribution in [2.24, 2.45) is 0 Å². The molecule has 0 unspecified atom stereocenters. The van der Waals surface area contributed by atoms with Gasteiger partial charge in [-0.1, -0.05) is 22.9 Å². The number of hydrogen-bond donors (Lipinski definition) is 2. The molecular weight excluding hydrogens is 298 g/mol. The van der Waals surface area contributed by atoms with Gasteiger partial charge in [-0.25, -0.2) is 10.4 Å². The molecule has 2 aromatic rings. The molecule has 0 bridgehead atoms. The zero-order chi connectivity index (χ0) is 13.0. The Labute approximate surface area is 113 Å². The van der Waals surface area contributed by atoms with Gasteiger partial charge in [-0.05, 0) is 24.3 Å². The highest BCUT2D eigenvalue weighted by molar-refractivity contribution is 9.10. The standard InChI is InChI=1S/C12H12BrN3O2/c1-2-14-16-11(17)10-7-18-12(15-10)8-3-5-9(13)6-4-8/h3-7,14H,2H2,1H3,(H,16,17). The van der Waals surface area contributed by atoms with Gasteiger partial charge in [0.1, 0.15) is 6.26 Å². The average Bonchev–Trinajstić information content (AvgIpc) is 2.86. The Morgan fingerprint density at radius 3 is 2.78 bits per heavy atom. The fourth-order valence-corrected chi connectivity index (χ4v) is 1.60. The molecule has 0 saturated carbocycles. The minimum atomic E-state index is -0.316. The molecule has 18 heavy (non-hydrogen) atoms. The summed E-state index contributed by atoms with van der Waals surface area (Å²) in [5.74, 6) is 0.105. The number of aromatic nitrogens is 1. The van der Waals surface area contributed by atoms with E-state index in [1.54, 1.807) is 0 Å². The van der Waals surface area contributed by atoms with Crippen LogP contribution in [0.1, 0.15) is 17.4 Å². The van der Waals surface area contributed by atoms with E-state index in [4.69, 9.17) is 4.42 Å². The van der Waals surface area contributed by atoms with Gasteiger partial charge in [0.25, 0.3) is 5.91 Å². The summed E-state index contributed by atoms with van der Waals surface area (Å²) in [7, 11) is 0. The molecule has 2 rings (SSSR count). The third-order valence-corrected chi connectivity index (χ3v) is 2.74. The fourth-order valence-electron chi connectivity index (χ4n) is 1.34. The van der Waals surface area contributed by atoms with Gasteiger partial charge >= 0.3 is 0 Å². The number of nitrogens with one attached hydrogen (secondary N) is 2. The van der Waals surface area contributed by atoms with E-state index in [0.717, 1.165) is 10.0 Å². The Morgan fingerprint density at radius 1 is 1.39 bits per heavy atom. The quantitative estimate of drug-likeness (QED) is 0.851. The molecule has 0 spiro atoms. The zero-order valence-corrected chi connectivity index (χ0v) is 11.3. The van der Waals surface area contributed by atoms with Crippen LogP contribution >= 0.6 is 15.9 Å². The lowest BCUT2D eigenvalue weighted by molar-refractivity contribution is 0.0929. The Balaban J connectivity index is 2.15. The summed E-state index contributed by atoms with van der Waals surface area (Å²) >= 11 is 3.35. The number of benzene rings is 1. The lowest BCUT2D eigenvalue weighted by Crippen LogP contribution is -2.37. The van der Waals surface area contributed by atoms with Crippen molar-refractivity contribution in [3.8, 4) is 11.5 Å². The maximum Gasteiger partial charge on any atom is 0.287 e. The van der Waals surface area contributed by atoms with E-state index in [1.807, 2.05) is 31.2 Å². The second kappa shape index (κ2) is 5.79. The maximum absolute atomic E-state index is 11.6. The van der Waals surface area contributed by atoms with Gasteiger partial charge < -0.3 is 4.42 Å². The Kier molecular flexibility index (Phi) is 4.11. The van der Waals surface area contributed by atoms with E-state index in [1.165, 1.54) is 6.26 Å². The first-order valence-corrected chi connectivity index (χ1v) is 6.24. The van der Waals surface area contributed by atoms with Gasteiger partial charge in [-0.3, -0.25) is 10.2 Å². The number of halogens is 1. The monoisotopic (exact) mass is 309 g/mol. The van der Waals surface area contributed by atoms with E-state index in [0.29, 0.717) is 12.4 Å². The van der Waals surface area contributed by atoms with Crippen LogP contribution < -0.4 is 10.9 Å². The zero-order valence-electron chi connectivity index (χ0n) is 9.74. The van der Waals surface area contributed by atoms with Gasteiger partial charge in [0.15, 0.2) is 5.69 Å². The number of carbonyl (C=O) groups excluding carboxylic acids is 1. The summed E-state index contributed by atoms with van der Waals surface area (Å²) in [5, 5.41) is 0. The third kappa shape index (κ3) is 2.96. The van der Waals surface area contributed by atoms with Crippen LogP contribution in [-0.4, -0.2) is 17.4 Å². The van der Waals surface area contributed by atoms with Crippen molar-refractivity contribution in [2.75, 3.05) is 6.54 Å². The van der Waals surface area contributed by atoms with E-state index in [2.05, 4.69) is 31.8 Å². The summed E-state index contributed by atoms with van der Waals surface area (Å²) in [4.78, 5) is 15.7. The molecule has 1 heterocycles. The molecule has 0 saturated heterocycles. The lowest BCUT2D eigenvalue weighted by Gasteiger charge is -2.00. The highest BCUT2D eigenvalue weighted by atomic mass is 79.9. The van der Waals surface area contributed by atoms with Gasteiger partial charge in [0.05, 0.1) is 0 Å². The molecule has 6 heteroatoms. The van der Waals surface area contributed by atoms with E-state index in [9.17, 15) is 4.79 Å². The van der Waals surface area contributed by atoms with Crippen LogP contribution in [0.2, 0.25) is 0 Å². The van der Waals surface area contributed by atoms with Crippen LogP contribution in [0.5, 0.6) is 0 Å². The van der Waals surface area contributed by atoms with Crippen molar-refractivity contribution in [1.29, 1.82) is 0 Å². The van der Waals surface area contributed by atoms with E-state index >= 15 is 0 Å². The number of carbonyl (C=O) groups is 1. The predicted molar refractivity (Wildman–Crippen MR) is 70.8 cm³/mol. The second-order valence-corrected chi connectivity index (χ2v) is 4.44. The highest BCUT2D eigenvalue weighted by Crippen LogP contribution is 2.20. The first-order valence-electron chi connectivity index (χ1n) is 5.45. The number of oxazole rings is 1. The average molecular weight is 310 g/mol. The van der Waals surface area contributed by atoms with Crippen molar-refractivity contribution < 1.29 is 9.21 Å². The Morgan fingerprint density at radius 2 is 2.11 bits per heavy atom. The lowest BCUT2D eigenvalue weighted by atomic mass is 10.2. The SMILES string of the molecule is CCNNC(=O)c1coc(-c2ccc(Br)cc2)n1. The molecule has 2 N–H and O–H groups in total. The van der Waals surface area contributed by atoms with E-state index < -0.39 is 0 Å². The minimum absolute atomic E-state index is 0.244. The molecular formula is C12H12BrN3O2. The van der Waals surface area contributed by atoms with Crippen LogP contribution in [0.15, 0.2) is 39.4 Å². The highest BCUT2D eigenvalue weighted by Gasteiger charge is 2.12. The second-order valence-electron chi connectivity index (χ2n) is 3.53. The minimum Gasteiger partial charge on any atom is -0.444 e. The van der Waals surface area contributed by atoms with Crippen LogP contribution in [-0.2, 0) is 0 Å². The first-order chi connectivity index (χ1) is 8.70. The fraction of sp³-hybridized carbons (Fsp3) is 0.167. The Bertz CT molecular complexity index is 537. The number of hydrazine groups is 1. The summed E-state index contributed by atoms with van der Waals surface area (Å²) in [6.45, 7) is 2.53. The molecule has 1 aromatic heterocycles. The van der Waals surface area contributed by atoms with Crippen molar-refractivity contribution in [1.82, 2.24) is 15.8 Å². The molecule has 1 aromatic carbocycles. The smallest absolute Gasteiger partial charge is 0.287 e. The summed E-state index contributed by atoms with van der Waals surface area (Å²) in [6, 6.07) is 7.50. The van der Waals surface area contributed by atoms with Crippen molar-refractivity contribution >= 4 is 21.8 Å². The van der Waals surface area contributed by atoms with Crippen LogP contribution in [0.4, 0.5) is 0 Å². The van der Waals surface area contributed by atoms with Crippen molar-refractivity contribution in [3.05, 3.63) is 40.7 Å². The molecule has 0 radical (unpaired) electrons. The number of nitrogens with zero attached hydrogens (tertiary/aromatic N) is 1. The Hall–Kier alpha value is -1.66. The molecule has 0 fully saturated rings. The maximum atomic E-state index is 11.6. The van der Waals surface area contributed by atoms with Gasteiger partial charge in [-0.2, -0.15) is 0 Å². The van der Waals surface area contributed by atoms with Crippen LogP contribution in [0.25, 0.3) is 11.5 Å². The first kappa shape index (κ1) is 12.8. The molecule has 94 valence electrons.